The molecule has 1 N–H and O–H groups in total. The molecular weight excluding hydrogens is 367 g/mol. The van der Waals surface area contributed by atoms with Crippen LogP contribution in [-0.4, -0.2) is 49.3 Å². The van der Waals surface area contributed by atoms with Crippen molar-refractivity contribution in [2.45, 2.75) is 13.0 Å². The van der Waals surface area contributed by atoms with E-state index in [0.29, 0.717) is 5.92 Å². The molecule has 5 nitrogen and oxygen atoms in total. The largest absolute Gasteiger partial charge is 0.381 e. The summed E-state index contributed by atoms with van der Waals surface area (Å²) < 4.78 is 7.53. The molecular formula is C14H25IN4O. The van der Waals surface area contributed by atoms with Gasteiger partial charge in [0.1, 0.15) is 0 Å². The monoisotopic (exact) mass is 392 g/mol. The summed E-state index contributed by atoms with van der Waals surface area (Å²) in [6.07, 6.45) is 3.21. The lowest BCUT2D eigenvalue weighted by molar-refractivity contribution is 0.181. The number of halogens is 1. The second kappa shape index (κ2) is 8.51. The average Bonchev–Trinajstić information content (AvgIpc) is 3.02. The van der Waals surface area contributed by atoms with Gasteiger partial charge in [0.15, 0.2) is 5.96 Å². The topological polar surface area (TPSA) is 41.8 Å². The third-order valence-electron chi connectivity index (χ3n) is 3.61. The minimum Gasteiger partial charge on any atom is -0.381 e. The van der Waals surface area contributed by atoms with Crippen LogP contribution < -0.4 is 5.32 Å². The molecule has 2 rings (SSSR count). The molecule has 1 atom stereocenters. The highest BCUT2D eigenvalue weighted by Crippen LogP contribution is 2.13. The Balaban J connectivity index is 0.00000200. The number of aromatic nitrogens is 1. The zero-order valence-electron chi connectivity index (χ0n) is 12.5. The van der Waals surface area contributed by atoms with Crippen molar-refractivity contribution in [3.8, 4) is 0 Å². The number of nitrogens with one attached hydrogen (secondary N) is 1. The van der Waals surface area contributed by atoms with Gasteiger partial charge in [-0.1, -0.05) is 0 Å². The normalized spacial score (nSPS) is 18.8. The Labute approximate surface area is 138 Å². The molecule has 20 heavy (non-hydrogen) atoms. The van der Waals surface area contributed by atoms with Crippen LogP contribution >= 0.6 is 24.0 Å². The highest BCUT2D eigenvalue weighted by Gasteiger charge is 2.19. The summed E-state index contributed by atoms with van der Waals surface area (Å²) in [5.41, 5.74) is 1.25. The molecule has 1 unspecified atom stereocenters. The maximum absolute atomic E-state index is 5.42. The van der Waals surface area contributed by atoms with Gasteiger partial charge in [-0.15, -0.1) is 24.0 Å². The van der Waals surface area contributed by atoms with Crippen molar-refractivity contribution in [2.24, 2.45) is 18.0 Å². The fourth-order valence-electron chi connectivity index (χ4n) is 2.44. The molecule has 0 aromatic carbocycles. The predicted molar refractivity (Wildman–Crippen MR) is 92.6 cm³/mol. The smallest absolute Gasteiger partial charge is 0.193 e. The van der Waals surface area contributed by atoms with Crippen LogP contribution in [-0.2, 0) is 18.3 Å². The molecule has 114 valence electrons. The lowest BCUT2D eigenvalue weighted by Gasteiger charge is -2.24. The molecule has 1 aromatic rings. The van der Waals surface area contributed by atoms with E-state index in [2.05, 4.69) is 52.2 Å². The summed E-state index contributed by atoms with van der Waals surface area (Å²) in [6, 6.07) is 4.17. The third kappa shape index (κ3) is 4.66. The van der Waals surface area contributed by atoms with E-state index >= 15 is 0 Å². The van der Waals surface area contributed by atoms with Crippen LogP contribution in [0.1, 0.15) is 12.1 Å². The second-order valence-corrected chi connectivity index (χ2v) is 5.12. The van der Waals surface area contributed by atoms with Gasteiger partial charge in [0, 0.05) is 52.1 Å². The SMILES string of the molecule is CN=C(NCc1cccn1C)N(C)CC1CCOC1.I. The number of nitrogens with zero attached hydrogens (tertiary/aromatic N) is 3. The zero-order chi connectivity index (χ0) is 13.7. The summed E-state index contributed by atoms with van der Waals surface area (Å²) in [5.74, 6) is 1.56. The van der Waals surface area contributed by atoms with Gasteiger partial charge in [-0.3, -0.25) is 4.99 Å². The fourth-order valence-corrected chi connectivity index (χ4v) is 2.44. The second-order valence-electron chi connectivity index (χ2n) is 5.12. The van der Waals surface area contributed by atoms with Crippen molar-refractivity contribution in [3.63, 3.8) is 0 Å². The van der Waals surface area contributed by atoms with Gasteiger partial charge in [0.25, 0.3) is 0 Å². The van der Waals surface area contributed by atoms with Crippen LogP contribution in [0.5, 0.6) is 0 Å². The first-order valence-electron chi connectivity index (χ1n) is 6.80. The summed E-state index contributed by atoms with van der Waals surface area (Å²) in [4.78, 5) is 6.52. The van der Waals surface area contributed by atoms with Crippen LogP contribution in [0.4, 0.5) is 0 Å². The number of guanidine groups is 1. The third-order valence-corrected chi connectivity index (χ3v) is 3.61. The van der Waals surface area contributed by atoms with Crippen LogP contribution in [0.3, 0.4) is 0 Å². The molecule has 1 fully saturated rings. The Morgan fingerprint density at radius 2 is 2.40 bits per heavy atom. The van der Waals surface area contributed by atoms with E-state index < -0.39 is 0 Å². The molecule has 0 radical (unpaired) electrons. The molecule has 0 aliphatic carbocycles. The first-order chi connectivity index (χ1) is 9.20. The minimum atomic E-state index is 0. The molecule has 1 aliphatic heterocycles. The fraction of sp³-hybridized carbons (Fsp3) is 0.643. The Bertz CT molecular complexity index is 427. The van der Waals surface area contributed by atoms with Crippen molar-refractivity contribution >= 4 is 29.9 Å². The van der Waals surface area contributed by atoms with E-state index in [4.69, 9.17) is 4.74 Å². The standard InChI is InChI=1S/C14H24N4O.HI/c1-15-14(16-9-13-5-4-7-17(13)2)18(3)10-12-6-8-19-11-12;/h4-5,7,12H,6,8-11H2,1-3H3,(H,15,16);1H. The van der Waals surface area contributed by atoms with E-state index in [1.54, 1.807) is 0 Å². The predicted octanol–water partition coefficient (Wildman–Crippen LogP) is 1.69. The molecule has 0 amide bonds. The molecule has 6 heteroatoms. The van der Waals surface area contributed by atoms with E-state index in [0.717, 1.165) is 38.7 Å². The van der Waals surface area contributed by atoms with E-state index in [-0.39, 0.29) is 24.0 Å². The maximum atomic E-state index is 5.42. The number of hydrogen-bond acceptors (Lipinski definition) is 2. The van der Waals surface area contributed by atoms with Gasteiger partial charge in [0.2, 0.25) is 0 Å². The van der Waals surface area contributed by atoms with E-state index in [1.165, 1.54) is 5.69 Å². The lowest BCUT2D eigenvalue weighted by atomic mass is 10.1. The van der Waals surface area contributed by atoms with Gasteiger partial charge in [-0.05, 0) is 18.6 Å². The van der Waals surface area contributed by atoms with E-state index in [1.807, 2.05) is 7.05 Å². The maximum Gasteiger partial charge on any atom is 0.193 e. The van der Waals surface area contributed by atoms with Crippen LogP contribution in [0.15, 0.2) is 23.3 Å². The zero-order valence-corrected chi connectivity index (χ0v) is 14.8. The quantitative estimate of drug-likeness (QED) is 0.482. The van der Waals surface area contributed by atoms with Crippen LogP contribution in [0, 0.1) is 5.92 Å². The minimum absolute atomic E-state index is 0. The van der Waals surface area contributed by atoms with Gasteiger partial charge < -0.3 is 19.5 Å². The van der Waals surface area contributed by atoms with Crippen molar-refractivity contribution in [3.05, 3.63) is 24.0 Å². The molecule has 0 saturated carbocycles. The van der Waals surface area contributed by atoms with Gasteiger partial charge >= 0.3 is 0 Å². The molecule has 0 bridgehead atoms. The summed E-state index contributed by atoms with van der Waals surface area (Å²) in [5, 5.41) is 3.40. The summed E-state index contributed by atoms with van der Waals surface area (Å²) >= 11 is 0. The van der Waals surface area contributed by atoms with Crippen molar-refractivity contribution in [2.75, 3.05) is 33.9 Å². The Hall–Kier alpha value is -0.760. The molecule has 2 heterocycles. The van der Waals surface area contributed by atoms with Crippen LogP contribution in [0.25, 0.3) is 0 Å². The lowest BCUT2D eigenvalue weighted by Crippen LogP contribution is -2.41. The van der Waals surface area contributed by atoms with Crippen molar-refractivity contribution in [1.82, 2.24) is 14.8 Å². The molecule has 1 aliphatic rings. The Morgan fingerprint density at radius 3 is 2.95 bits per heavy atom. The van der Waals surface area contributed by atoms with Gasteiger partial charge in [-0.2, -0.15) is 0 Å². The van der Waals surface area contributed by atoms with Crippen molar-refractivity contribution < 1.29 is 4.74 Å². The highest BCUT2D eigenvalue weighted by molar-refractivity contribution is 14.0. The Kier molecular flexibility index (Phi) is 7.36. The number of aryl methyl sites for hydroxylation is 1. The average molecular weight is 392 g/mol. The number of hydrogen-bond donors (Lipinski definition) is 1. The molecule has 1 saturated heterocycles. The first kappa shape index (κ1) is 17.3. The first-order valence-corrected chi connectivity index (χ1v) is 6.80. The van der Waals surface area contributed by atoms with Crippen molar-refractivity contribution in [1.29, 1.82) is 0 Å². The molecule has 0 spiro atoms. The van der Waals surface area contributed by atoms with Gasteiger partial charge in [-0.25, -0.2) is 0 Å². The Morgan fingerprint density at radius 1 is 1.60 bits per heavy atom. The number of rotatable bonds is 4. The van der Waals surface area contributed by atoms with Crippen LogP contribution in [0.2, 0.25) is 0 Å². The number of aliphatic imine (C=N–C) groups is 1. The van der Waals surface area contributed by atoms with E-state index in [9.17, 15) is 0 Å². The summed E-state index contributed by atoms with van der Waals surface area (Å²) in [7, 11) is 5.97. The highest BCUT2D eigenvalue weighted by atomic mass is 127. The van der Waals surface area contributed by atoms with Gasteiger partial charge in [0.05, 0.1) is 13.2 Å². The number of ether oxygens (including phenoxy) is 1. The summed E-state index contributed by atoms with van der Waals surface area (Å²) in [6.45, 7) is 3.56. The molecule has 1 aromatic heterocycles.